The molecule has 5 rings (SSSR count). The molecule has 12 heteroatoms. The molecule has 3 aromatic rings. The third-order valence-electron chi connectivity index (χ3n) is 6.80. The summed E-state index contributed by atoms with van der Waals surface area (Å²) in [5, 5.41) is 11.1. The number of benzene rings is 1. The lowest BCUT2D eigenvalue weighted by atomic mass is 10.0. The molecular formula is C25H31F2N9O. The first-order chi connectivity index (χ1) is 17.8. The number of ether oxygens (including phenoxy) is 1. The van der Waals surface area contributed by atoms with Gasteiger partial charge in [0.25, 0.3) is 5.88 Å². The number of hydrogen-bond acceptors (Lipinski definition) is 10. The van der Waals surface area contributed by atoms with Crippen LogP contribution in [-0.4, -0.2) is 82.5 Å². The van der Waals surface area contributed by atoms with E-state index in [1.165, 1.54) is 6.07 Å². The molecule has 1 aromatic carbocycles. The second-order valence-electron chi connectivity index (χ2n) is 9.76. The summed E-state index contributed by atoms with van der Waals surface area (Å²) in [5.41, 5.74) is 0.905. The average Bonchev–Trinajstić information content (AvgIpc) is 2.89. The van der Waals surface area contributed by atoms with Crippen LogP contribution in [0.5, 0.6) is 5.88 Å². The smallest absolute Gasteiger partial charge is 0.277 e. The lowest BCUT2D eigenvalue weighted by Crippen LogP contribution is -2.42. The number of halogens is 2. The second-order valence-corrected chi connectivity index (χ2v) is 9.76. The van der Waals surface area contributed by atoms with Gasteiger partial charge in [0.2, 0.25) is 11.8 Å². The Morgan fingerprint density at radius 3 is 2.54 bits per heavy atom. The maximum Gasteiger partial charge on any atom is 0.277 e. The van der Waals surface area contributed by atoms with Crippen molar-refractivity contribution >= 4 is 23.1 Å². The van der Waals surface area contributed by atoms with E-state index in [2.05, 4.69) is 54.4 Å². The summed E-state index contributed by atoms with van der Waals surface area (Å²) in [4.78, 5) is 19.1. The van der Waals surface area contributed by atoms with Crippen LogP contribution in [0.15, 0.2) is 24.4 Å². The summed E-state index contributed by atoms with van der Waals surface area (Å²) in [5.74, 6) is -0.132. The Balaban J connectivity index is 1.35. The van der Waals surface area contributed by atoms with Gasteiger partial charge in [-0.15, -0.1) is 10.2 Å². The number of aromatic nitrogens is 5. The van der Waals surface area contributed by atoms with Crippen molar-refractivity contribution in [1.29, 1.82) is 0 Å². The minimum Gasteiger partial charge on any atom is -0.472 e. The predicted octanol–water partition coefficient (Wildman–Crippen LogP) is 3.49. The van der Waals surface area contributed by atoms with Crippen LogP contribution in [0, 0.1) is 11.6 Å². The molecule has 1 N–H and O–H groups in total. The van der Waals surface area contributed by atoms with Gasteiger partial charge in [-0.05, 0) is 59.0 Å². The fraction of sp³-hybridized carbons (Fsp3) is 0.480. The monoisotopic (exact) mass is 511 g/mol. The van der Waals surface area contributed by atoms with E-state index in [0.717, 1.165) is 32.1 Å². The zero-order chi connectivity index (χ0) is 26.1. The highest BCUT2D eigenvalue weighted by molar-refractivity contribution is 5.63. The molecule has 2 aliphatic heterocycles. The Hall–Kier alpha value is -3.67. The molecule has 196 valence electrons. The largest absolute Gasteiger partial charge is 0.472 e. The molecule has 4 heterocycles. The van der Waals surface area contributed by atoms with Gasteiger partial charge in [-0.2, -0.15) is 0 Å². The summed E-state index contributed by atoms with van der Waals surface area (Å²) in [6.07, 6.45) is 3.00. The fourth-order valence-electron chi connectivity index (χ4n) is 4.72. The molecule has 0 aliphatic carbocycles. The number of nitrogens with one attached hydrogen (secondary N) is 1. The Bertz CT molecular complexity index is 1260. The van der Waals surface area contributed by atoms with E-state index in [1.54, 1.807) is 12.1 Å². The van der Waals surface area contributed by atoms with E-state index in [9.17, 15) is 4.39 Å². The Morgan fingerprint density at radius 1 is 1.05 bits per heavy atom. The van der Waals surface area contributed by atoms with Gasteiger partial charge >= 0.3 is 0 Å². The number of rotatable bonds is 6. The van der Waals surface area contributed by atoms with Gasteiger partial charge in [0, 0.05) is 30.9 Å². The molecule has 2 aromatic heterocycles. The van der Waals surface area contributed by atoms with Crippen molar-refractivity contribution in [1.82, 2.24) is 30.0 Å². The summed E-state index contributed by atoms with van der Waals surface area (Å²) in [7, 11) is 4.15. The molecule has 0 atom stereocenters. The highest BCUT2D eigenvalue weighted by Crippen LogP contribution is 2.31. The van der Waals surface area contributed by atoms with Crippen molar-refractivity contribution in [3.8, 4) is 17.4 Å². The lowest BCUT2D eigenvalue weighted by molar-refractivity contribution is 0.249. The molecule has 0 spiro atoms. The van der Waals surface area contributed by atoms with E-state index < -0.39 is 5.82 Å². The molecule has 2 aliphatic rings. The third kappa shape index (κ3) is 5.24. The Morgan fingerprint density at radius 2 is 1.84 bits per heavy atom. The molecule has 1 saturated heterocycles. The maximum atomic E-state index is 15.0. The number of anilines is 4. The normalized spacial score (nSPS) is 16.2. The zero-order valence-electron chi connectivity index (χ0n) is 21.4. The molecule has 1 fully saturated rings. The first-order valence-corrected chi connectivity index (χ1v) is 12.4. The molecule has 0 bridgehead atoms. The summed E-state index contributed by atoms with van der Waals surface area (Å²) in [6, 6.07) is 5.57. The second kappa shape index (κ2) is 10.4. The van der Waals surface area contributed by atoms with E-state index in [0.29, 0.717) is 42.3 Å². The zero-order valence-corrected chi connectivity index (χ0v) is 21.4. The third-order valence-corrected chi connectivity index (χ3v) is 6.80. The van der Waals surface area contributed by atoms with Crippen LogP contribution in [0.1, 0.15) is 26.7 Å². The summed E-state index contributed by atoms with van der Waals surface area (Å²) < 4.78 is 35.3. The molecule has 0 radical (unpaired) electrons. The topological polar surface area (TPSA) is 95.4 Å². The quantitative estimate of drug-likeness (QED) is 0.530. The number of nitrogens with zero attached hydrogens (tertiary/aromatic N) is 8. The molecule has 10 nitrogen and oxygen atoms in total. The minimum atomic E-state index is -0.692. The first-order valence-electron chi connectivity index (χ1n) is 12.4. The van der Waals surface area contributed by atoms with Crippen molar-refractivity contribution in [2.45, 2.75) is 38.8 Å². The number of hydrogen-bond donors (Lipinski definition) is 1. The van der Waals surface area contributed by atoms with Crippen molar-refractivity contribution in [3.63, 3.8) is 0 Å². The SMILES string of the molecule is CC(C)N1CCOc2nnc(-c3nc(Nc4ccc(N5CCC(N(C)C)CC5)c(F)c4)ncc3F)nc21. The van der Waals surface area contributed by atoms with Crippen LogP contribution < -0.4 is 19.9 Å². The minimum absolute atomic E-state index is 0.0144. The van der Waals surface area contributed by atoms with E-state index >= 15 is 4.39 Å². The lowest BCUT2D eigenvalue weighted by Gasteiger charge is -2.36. The standard InChI is InChI=1S/C25H31F2N9O/c1-15(2)36-11-12-37-24-23(36)31-22(32-33-24)21-19(27)14-28-25(30-21)29-16-5-6-20(18(26)13-16)35-9-7-17(8-10-35)34(3)4/h5-6,13-15,17H,7-12H2,1-4H3,(H,28,29,30). The van der Waals surface area contributed by atoms with Crippen LogP contribution in [-0.2, 0) is 0 Å². The van der Waals surface area contributed by atoms with Crippen molar-refractivity contribution in [2.24, 2.45) is 0 Å². The van der Waals surface area contributed by atoms with Crippen molar-refractivity contribution < 1.29 is 13.5 Å². The van der Waals surface area contributed by atoms with Crippen LogP contribution in [0.2, 0.25) is 0 Å². The summed E-state index contributed by atoms with van der Waals surface area (Å²) >= 11 is 0. The fourth-order valence-corrected chi connectivity index (χ4v) is 4.72. The highest BCUT2D eigenvalue weighted by atomic mass is 19.1. The van der Waals surface area contributed by atoms with Crippen LogP contribution >= 0.6 is 0 Å². The molecular weight excluding hydrogens is 480 g/mol. The summed E-state index contributed by atoms with van der Waals surface area (Å²) in [6.45, 7) is 6.76. The highest BCUT2D eigenvalue weighted by Gasteiger charge is 2.26. The van der Waals surface area contributed by atoms with E-state index in [-0.39, 0.29) is 29.3 Å². The predicted molar refractivity (Wildman–Crippen MR) is 137 cm³/mol. The van der Waals surface area contributed by atoms with Crippen LogP contribution in [0.25, 0.3) is 11.5 Å². The molecule has 0 unspecified atom stereocenters. The van der Waals surface area contributed by atoms with Crippen molar-refractivity contribution in [3.05, 3.63) is 36.0 Å². The van der Waals surface area contributed by atoms with Crippen LogP contribution in [0.4, 0.5) is 31.9 Å². The van der Waals surface area contributed by atoms with Gasteiger partial charge in [0.1, 0.15) is 12.4 Å². The van der Waals surface area contributed by atoms with E-state index in [1.807, 2.05) is 18.7 Å². The van der Waals surface area contributed by atoms with Gasteiger partial charge in [0.15, 0.2) is 17.3 Å². The first kappa shape index (κ1) is 25.0. The van der Waals surface area contributed by atoms with Gasteiger partial charge in [-0.3, -0.25) is 0 Å². The van der Waals surface area contributed by atoms with Gasteiger partial charge in [-0.1, -0.05) is 0 Å². The number of fused-ring (bicyclic) bond motifs is 1. The van der Waals surface area contributed by atoms with E-state index in [4.69, 9.17) is 4.74 Å². The average molecular weight is 512 g/mol. The molecule has 37 heavy (non-hydrogen) atoms. The Labute approximate surface area is 214 Å². The Kier molecular flexibility index (Phi) is 7.00. The molecule has 0 saturated carbocycles. The van der Waals surface area contributed by atoms with Gasteiger partial charge in [0.05, 0.1) is 18.4 Å². The van der Waals surface area contributed by atoms with Crippen LogP contribution in [0.3, 0.4) is 0 Å². The maximum absolute atomic E-state index is 15.0. The molecule has 0 amide bonds. The van der Waals surface area contributed by atoms with Gasteiger partial charge in [-0.25, -0.2) is 23.7 Å². The number of piperidine rings is 1. The van der Waals surface area contributed by atoms with Gasteiger partial charge < -0.3 is 24.8 Å². The van der Waals surface area contributed by atoms with Crippen molar-refractivity contribution in [2.75, 3.05) is 55.5 Å².